The van der Waals surface area contributed by atoms with Crippen LogP contribution in [0, 0.1) is 0 Å². The second kappa shape index (κ2) is 7.29. The van der Waals surface area contributed by atoms with Crippen molar-refractivity contribution in [2.45, 2.75) is 32.7 Å². The van der Waals surface area contributed by atoms with Crippen LogP contribution < -0.4 is 5.32 Å². The molecule has 15 heavy (non-hydrogen) atoms. The number of aromatic nitrogens is 2. The highest BCUT2D eigenvalue weighted by atomic mass is 16.5. The van der Waals surface area contributed by atoms with Gasteiger partial charge in [0, 0.05) is 19.9 Å². The molecule has 0 aliphatic rings. The Labute approximate surface area is 91.6 Å². The van der Waals surface area contributed by atoms with Crippen LogP contribution in [0.3, 0.4) is 0 Å². The Kier molecular flexibility index (Phi) is 5.85. The second-order valence-electron chi connectivity index (χ2n) is 3.62. The van der Waals surface area contributed by atoms with Gasteiger partial charge in [-0.2, -0.15) is 5.10 Å². The van der Waals surface area contributed by atoms with Crippen molar-refractivity contribution >= 4 is 5.69 Å². The predicted octanol–water partition coefficient (Wildman–Crippen LogP) is 2.13. The maximum Gasteiger partial charge on any atom is 0.0726 e. The molecular formula is C11H21N3O. The van der Waals surface area contributed by atoms with E-state index in [-0.39, 0.29) is 0 Å². The molecule has 1 aromatic heterocycles. The number of hydrogen-bond acceptors (Lipinski definition) is 3. The zero-order valence-electron chi connectivity index (χ0n) is 9.70. The Bertz CT molecular complexity index is 260. The van der Waals surface area contributed by atoms with Crippen LogP contribution in [0.1, 0.15) is 26.2 Å². The lowest BCUT2D eigenvalue weighted by Crippen LogP contribution is -2.04. The summed E-state index contributed by atoms with van der Waals surface area (Å²) in [4.78, 5) is 0. The summed E-state index contributed by atoms with van der Waals surface area (Å²) in [6.45, 7) is 4.76. The summed E-state index contributed by atoms with van der Waals surface area (Å²) in [5.41, 5.74) is 1.10. The Morgan fingerprint density at radius 1 is 1.47 bits per heavy atom. The van der Waals surface area contributed by atoms with Gasteiger partial charge in [-0.3, -0.25) is 4.68 Å². The first-order valence-corrected chi connectivity index (χ1v) is 5.62. The van der Waals surface area contributed by atoms with Gasteiger partial charge >= 0.3 is 0 Å². The molecule has 1 heterocycles. The van der Waals surface area contributed by atoms with Crippen molar-refractivity contribution in [1.29, 1.82) is 0 Å². The summed E-state index contributed by atoms with van der Waals surface area (Å²) in [7, 11) is 1.70. The number of unbranched alkanes of at least 4 members (excludes halogenated alkanes) is 2. The van der Waals surface area contributed by atoms with Gasteiger partial charge in [-0.15, -0.1) is 0 Å². The van der Waals surface area contributed by atoms with Crippen molar-refractivity contribution in [2.24, 2.45) is 0 Å². The Hall–Kier alpha value is -1.03. The standard InChI is InChI=1S/C11H21N3O/c1-3-4-5-6-12-11-9-13-14(10-11)7-8-15-2/h9-10,12H,3-8H2,1-2H3. The Morgan fingerprint density at radius 2 is 2.33 bits per heavy atom. The van der Waals surface area contributed by atoms with Crippen LogP contribution in [-0.4, -0.2) is 30.0 Å². The number of rotatable bonds is 8. The van der Waals surface area contributed by atoms with Gasteiger partial charge in [0.2, 0.25) is 0 Å². The van der Waals surface area contributed by atoms with E-state index in [1.165, 1.54) is 19.3 Å². The first-order valence-electron chi connectivity index (χ1n) is 5.62. The fourth-order valence-electron chi connectivity index (χ4n) is 1.37. The molecule has 0 atom stereocenters. The molecule has 4 heteroatoms. The van der Waals surface area contributed by atoms with Gasteiger partial charge in [0.05, 0.1) is 25.0 Å². The minimum absolute atomic E-state index is 0.705. The second-order valence-corrected chi connectivity index (χ2v) is 3.62. The molecule has 0 aliphatic heterocycles. The van der Waals surface area contributed by atoms with Crippen molar-refractivity contribution in [3.63, 3.8) is 0 Å². The van der Waals surface area contributed by atoms with Crippen molar-refractivity contribution in [2.75, 3.05) is 25.6 Å². The molecule has 0 spiro atoms. The fourth-order valence-corrected chi connectivity index (χ4v) is 1.37. The van der Waals surface area contributed by atoms with Crippen LogP contribution in [0.4, 0.5) is 5.69 Å². The fraction of sp³-hybridized carbons (Fsp3) is 0.727. The van der Waals surface area contributed by atoms with Gasteiger partial charge in [-0.1, -0.05) is 19.8 Å². The lowest BCUT2D eigenvalue weighted by molar-refractivity contribution is 0.183. The van der Waals surface area contributed by atoms with Crippen LogP contribution in [0.15, 0.2) is 12.4 Å². The highest BCUT2D eigenvalue weighted by molar-refractivity contribution is 5.37. The van der Waals surface area contributed by atoms with Crippen LogP contribution in [-0.2, 0) is 11.3 Å². The highest BCUT2D eigenvalue weighted by Gasteiger charge is 1.96. The van der Waals surface area contributed by atoms with Crippen LogP contribution in [0.5, 0.6) is 0 Å². The quantitative estimate of drug-likeness (QED) is 0.669. The Balaban J connectivity index is 2.20. The Morgan fingerprint density at radius 3 is 3.07 bits per heavy atom. The number of nitrogens with zero attached hydrogens (tertiary/aromatic N) is 2. The maximum absolute atomic E-state index is 4.99. The molecule has 1 rings (SSSR count). The van der Waals surface area contributed by atoms with Crippen LogP contribution >= 0.6 is 0 Å². The average Bonchev–Trinajstić information content (AvgIpc) is 2.69. The first-order chi connectivity index (χ1) is 7.36. The first kappa shape index (κ1) is 12.0. The minimum atomic E-state index is 0.705. The molecule has 1 aromatic rings. The number of ether oxygens (including phenoxy) is 1. The van der Waals surface area contributed by atoms with Gasteiger partial charge in [-0.25, -0.2) is 0 Å². The highest BCUT2D eigenvalue weighted by Crippen LogP contribution is 2.05. The molecule has 0 bridgehead atoms. The van der Waals surface area contributed by atoms with Gasteiger partial charge in [0.1, 0.15) is 0 Å². The summed E-state index contributed by atoms with van der Waals surface area (Å²) in [6, 6.07) is 0. The van der Waals surface area contributed by atoms with E-state index in [2.05, 4.69) is 17.3 Å². The third-order valence-electron chi connectivity index (χ3n) is 2.27. The molecule has 0 unspecified atom stereocenters. The predicted molar refractivity (Wildman–Crippen MR) is 62.1 cm³/mol. The van der Waals surface area contributed by atoms with E-state index >= 15 is 0 Å². The molecular weight excluding hydrogens is 190 g/mol. The zero-order valence-corrected chi connectivity index (χ0v) is 9.70. The minimum Gasteiger partial charge on any atom is -0.383 e. The molecule has 0 aromatic carbocycles. The van der Waals surface area contributed by atoms with E-state index in [1.807, 2.05) is 17.1 Å². The summed E-state index contributed by atoms with van der Waals surface area (Å²) in [6.07, 6.45) is 7.64. The molecule has 4 nitrogen and oxygen atoms in total. The topological polar surface area (TPSA) is 39.1 Å². The molecule has 0 saturated heterocycles. The normalized spacial score (nSPS) is 10.5. The molecule has 0 radical (unpaired) electrons. The van der Waals surface area contributed by atoms with E-state index in [4.69, 9.17) is 4.74 Å². The van der Waals surface area contributed by atoms with Gasteiger partial charge in [0.15, 0.2) is 0 Å². The maximum atomic E-state index is 4.99. The van der Waals surface area contributed by atoms with Crippen molar-refractivity contribution in [3.8, 4) is 0 Å². The third-order valence-corrected chi connectivity index (χ3v) is 2.27. The summed E-state index contributed by atoms with van der Waals surface area (Å²) >= 11 is 0. The lowest BCUT2D eigenvalue weighted by atomic mass is 10.2. The number of nitrogens with one attached hydrogen (secondary N) is 1. The number of methoxy groups -OCH3 is 1. The molecule has 0 aliphatic carbocycles. The molecule has 0 amide bonds. The van der Waals surface area contributed by atoms with Crippen molar-refractivity contribution in [3.05, 3.63) is 12.4 Å². The van der Waals surface area contributed by atoms with Crippen molar-refractivity contribution < 1.29 is 4.74 Å². The van der Waals surface area contributed by atoms with Gasteiger partial charge in [-0.05, 0) is 6.42 Å². The van der Waals surface area contributed by atoms with Crippen molar-refractivity contribution in [1.82, 2.24) is 9.78 Å². The monoisotopic (exact) mass is 211 g/mol. The van der Waals surface area contributed by atoms with E-state index in [1.54, 1.807) is 7.11 Å². The zero-order chi connectivity index (χ0) is 10.9. The van der Waals surface area contributed by atoms with Crippen LogP contribution in [0.25, 0.3) is 0 Å². The van der Waals surface area contributed by atoms with Crippen LogP contribution in [0.2, 0.25) is 0 Å². The molecule has 0 saturated carbocycles. The van der Waals surface area contributed by atoms with Gasteiger partial charge < -0.3 is 10.1 Å². The number of anilines is 1. The SMILES string of the molecule is CCCCCNc1cnn(CCOC)c1. The average molecular weight is 211 g/mol. The summed E-state index contributed by atoms with van der Waals surface area (Å²) in [5, 5.41) is 7.58. The largest absolute Gasteiger partial charge is 0.383 e. The van der Waals surface area contributed by atoms with Gasteiger partial charge in [0.25, 0.3) is 0 Å². The molecule has 86 valence electrons. The summed E-state index contributed by atoms with van der Waals surface area (Å²) < 4.78 is 6.88. The molecule has 1 N–H and O–H groups in total. The molecule has 0 fully saturated rings. The lowest BCUT2D eigenvalue weighted by Gasteiger charge is -2.01. The number of hydrogen-bond donors (Lipinski definition) is 1. The summed E-state index contributed by atoms with van der Waals surface area (Å²) in [5.74, 6) is 0. The van der Waals surface area contributed by atoms with E-state index in [0.29, 0.717) is 6.61 Å². The van der Waals surface area contributed by atoms with E-state index in [9.17, 15) is 0 Å². The van der Waals surface area contributed by atoms with E-state index in [0.717, 1.165) is 18.8 Å². The smallest absolute Gasteiger partial charge is 0.0726 e. The third kappa shape index (κ3) is 4.83. The van der Waals surface area contributed by atoms with E-state index < -0.39 is 0 Å².